The molecule has 1 heterocycles. The van der Waals surface area contributed by atoms with Gasteiger partial charge in [0.2, 0.25) is 0 Å². The molecule has 3 rings (SSSR count). The minimum Gasteiger partial charge on any atom is -0.485 e. The van der Waals surface area contributed by atoms with Gasteiger partial charge in [-0.3, -0.25) is 0 Å². The van der Waals surface area contributed by atoms with Crippen molar-refractivity contribution in [3.63, 3.8) is 0 Å². The fourth-order valence-electron chi connectivity index (χ4n) is 2.43. The van der Waals surface area contributed by atoms with Gasteiger partial charge in [0.1, 0.15) is 11.9 Å². The molecule has 0 aliphatic carbocycles. The third kappa shape index (κ3) is 2.19. The lowest BCUT2D eigenvalue weighted by molar-refractivity contribution is 0.206. The Hall–Kier alpha value is -2.29. The molecule has 3 nitrogen and oxygen atoms in total. The molecule has 96 valence electrons. The van der Waals surface area contributed by atoms with Crippen molar-refractivity contribution in [2.75, 3.05) is 0 Å². The fourth-order valence-corrected chi connectivity index (χ4v) is 2.43. The highest BCUT2D eigenvalue weighted by Gasteiger charge is 2.26. The van der Waals surface area contributed by atoms with Gasteiger partial charge >= 0.3 is 0 Å². The Bertz CT molecular complexity index is 620. The maximum absolute atomic E-state index is 6.07. The molecular weight excluding hydrogens is 236 g/mol. The summed E-state index contributed by atoms with van der Waals surface area (Å²) < 4.78 is 6.07. The van der Waals surface area contributed by atoms with Crippen LogP contribution in [0, 0.1) is 6.92 Å². The van der Waals surface area contributed by atoms with E-state index in [-0.39, 0.29) is 6.10 Å². The summed E-state index contributed by atoms with van der Waals surface area (Å²) in [5.41, 5.74) is 4.24. The molecule has 3 heteroatoms. The lowest BCUT2D eigenvalue weighted by Gasteiger charge is -2.27. The Labute approximate surface area is 112 Å². The van der Waals surface area contributed by atoms with Crippen LogP contribution >= 0.6 is 0 Å². The number of aryl methyl sites for hydroxylation is 1. The second-order valence-electron chi connectivity index (χ2n) is 4.80. The van der Waals surface area contributed by atoms with Crippen LogP contribution in [-0.4, -0.2) is 5.71 Å². The maximum atomic E-state index is 6.07. The highest BCUT2D eigenvalue weighted by molar-refractivity contribution is 6.04. The van der Waals surface area contributed by atoms with Crippen LogP contribution in [0.4, 0.5) is 0 Å². The zero-order valence-electron chi connectivity index (χ0n) is 10.8. The second-order valence-corrected chi connectivity index (χ2v) is 4.80. The lowest BCUT2D eigenvalue weighted by Crippen LogP contribution is -2.22. The van der Waals surface area contributed by atoms with Crippen molar-refractivity contribution >= 4 is 5.71 Å². The summed E-state index contributed by atoms with van der Waals surface area (Å²) in [5.74, 6) is 6.40. The van der Waals surface area contributed by atoms with Crippen molar-refractivity contribution in [1.82, 2.24) is 0 Å². The van der Waals surface area contributed by atoms with Crippen LogP contribution in [0.3, 0.4) is 0 Å². The smallest absolute Gasteiger partial charge is 0.129 e. The third-order valence-electron chi connectivity index (χ3n) is 3.42. The van der Waals surface area contributed by atoms with Gasteiger partial charge in [0.25, 0.3) is 0 Å². The van der Waals surface area contributed by atoms with Crippen molar-refractivity contribution in [3.8, 4) is 5.75 Å². The van der Waals surface area contributed by atoms with E-state index in [1.54, 1.807) is 0 Å². The molecule has 0 fully saturated rings. The molecule has 2 aromatic rings. The summed E-state index contributed by atoms with van der Waals surface area (Å²) in [5, 5.41) is 3.94. The highest BCUT2D eigenvalue weighted by Crippen LogP contribution is 2.35. The molecule has 1 aliphatic heterocycles. The number of hydrogen-bond donors (Lipinski definition) is 1. The molecule has 1 unspecified atom stereocenters. The van der Waals surface area contributed by atoms with Gasteiger partial charge in [0, 0.05) is 12.0 Å². The Kier molecular flexibility index (Phi) is 2.95. The molecule has 1 atom stereocenters. The number of ether oxygens (including phenoxy) is 1. The largest absolute Gasteiger partial charge is 0.485 e. The molecule has 1 aliphatic rings. The van der Waals surface area contributed by atoms with Gasteiger partial charge in [-0.25, -0.2) is 0 Å². The first-order valence-electron chi connectivity index (χ1n) is 6.37. The van der Waals surface area contributed by atoms with Crippen LogP contribution in [0.1, 0.15) is 29.2 Å². The first kappa shape index (κ1) is 11.8. The van der Waals surface area contributed by atoms with Gasteiger partial charge in [-0.2, -0.15) is 5.10 Å². The van der Waals surface area contributed by atoms with Crippen LogP contribution in [0.15, 0.2) is 53.6 Å². The average molecular weight is 252 g/mol. The van der Waals surface area contributed by atoms with Gasteiger partial charge in [-0.05, 0) is 24.6 Å². The van der Waals surface area contributed by atoms with Crippen molar-refractivity contribution in [1.29, 1.82) is 0 Å². The quantitative estimate of drug-likeness (QED) is 0.626. The lowest BCUT2D eigenvalue weighted by atomic mass is 9.94. The number of hydrogen-bond acceptors (Lipinski definition) is 3. The molecule has 0 bridgehead atoms. The zero-order chi connectivity index (χ0) is 13.2. The van der Waals surface area contributed by atoms with Crippen molar-refractivity contribution in [2.24, 2.45) is 10.9 Å². The number of nitrogens with two attached hydrogens (primary N) is 1. The van der Waals surface area contributed by atoms with Gasteiger partial charge in [-0.1, -0.05) is 42.0 Å². The van der Waals surface area contributed by atoms with E-state index in [4.69, 9.17) is 10.6 Å². The SMILES string of the molecule is Cc1ccc2c(c1)C(=NN)CC(c1ccccc1)O2. The number of fused-ring (bicyclic) bond motifs is 1. The van der Waals surface area contributed by atoms with Crippen LogP contribution in [-0.2, 0) is 0 Å². The summed E-state index contributed by atoms with van der Waals surface area (Å²) in [6.07, 6.45) is 0.690. The molecule has 0 amide bonds. The second kappa shape index (κ2) is 4.76. The van der Waals surface area contributed by atoms with E-state index in [1.165, 1.54) is 5.56 Å². The topological polar surface area (TPSA) is 47.6 Å². The molecule has 2 aromatic carbocycles. The molecule has 0 radical (unpaired) electrons. The minimum atomic E-state index is -0.0151. The van der Waals surface area contributed by atoms with E-state index in [9.17, 15) is 0 Å². The third-order valence-corrected chi connectivity index (χ3v) is 3.42. The number of hydrazone groups is 1. The first-order valence-corrected chi connectivity index (χ1v) is 6.37. The standard InChI is InChI=1S/C16H16N2O/c1-11-7-8-15-13(9-11)14(18-17)10-16(19-15)12-5-3-2-4-6-12/h2-9,16H,10,17H2,1H3. The predicted molar refractivity (Wildman–Crippen MR) is 76.3 cm³/mol. The van der Waals surface area contributed by atoms with Gasteiger partial charge < -0.3 is 10.6 Å². The van der Waals surface area contributed by atoms with Gasteiger partial charge in [-0.15, -0.1) is 0 Å². The fraction of sp³-hybridized carbons (Fsp3) is 0.188. The molecular formula is C16H16N2O. The van der Waals surface area contributed by atoms with Gasteiger partial charge in [0.15, 0.2) is 0 Å². The van der Waals surface area contributed by atoms with E-state index in [0.717, 1.165) is 22.6 Å². The highest BCUT2D eigenvalue weighted by atomic mass is 16.5. The van der Waals surface area contributed by atoms with E-state index < -0.39 is 0 Å². The molecule has 0 saturated carbocycles. The molecule has 2 N–H and O–H groups in total. The minimum absolute atomic E-state index is 0.0151. The Morgan fingerprint density at radius 2 is 1.95 bits per heavy atom. The normalized spacial score (nSPS) is 19.8. The first-order chi connectivity index (χ1) is 9.28. The summed E-state index contributed by atoms with van der Waals surface area (Å²) in [4.78, 5) is 0. The summed E-state index contributed by atoms with van der Waals surface area (Å²) >= 11 is 0. The summed E-state index contributed by atoms with van der Waals surface area (Å²) in [7, 11) is 0. The summed E-state index contributed by atoms with van der Waals surface area (Å²) in [6.45, 7) is 2.05. The molecule has 0 spiro atoms. The molecule has 0 saturated heterocycles. The van der Waals surface area contributed by atoms with E-state index in [1.807, 2.05) is 30.3 Å². The average Bonchev–Trinajstić information content (AvgIpc) is 2.47. The Morgan fingerprint density at radius 1 is 1.16 bits per heavy atom. The monoisotopic (exact) mass is 252 g/mol. The predicted octanol–water partition coefficient (Wildman–Crippen LogP) is 3.18. The van der Waals surface area contributed by atoms with Crippen LogP contribution < -0.4 is 10.6 Å². The van der Waals surface area contributed by atoms with Crippen LogP contribution in [0.25, 0.3) is 0 Å². The molecule has 0 aromatic heterocycles. The van der Waals surface area contributed by atoms with Crippen molar-refractivity contribution in [3.05, 3.63) is 65.2 Å². The number of rotatable bonds is 1. The number of benzene rings is 2. The van der Waals surface area contributed by atoms with Crippen molar-refractivity contribution in [2.45, 2.75) is 19.4 Å². The Balaban J connectivity index is 2.01. The van der Waals surface area contributed by atoms with E-state index >= 15 is 0 Å². The molecule has 19 heavy (non-hydrogen) atoms. The Morgan fingerprint density at radius 3 is 2.68 bits per heavy atom. The maximum Gasteiger partial charge on any atom is 0.129 e. The van der Waals surface area contributed by atoms with Gasteiger partial charge in [0.05, 0.1) is 5.71 Å². The zero-order valence-corrected chi connectivity index (χ0v) is 10.8. The van der Waals surface area contributed by atoms with Crippen LogP contribution in [0.2, 0.25) is 0 Å². The van der Waals surface area contributed by atoms with E-state index in [2.05, 4.69) is 30.2 Å². The van der Waals surface area contributed by atoms with E-state index in [0.29, 0.717) is 6.42 Å². The summed E-state index contributed by atoms with van der Waals surface area (Å²) in [6, 6.07) is 16.3. The van der Waals surface area contributed by atoms with Crippen molar-refractivity contribution < 1.29 is 4.74 Å². The number of nitrogens with zero attached hydrogens (tertiary/aromatic N) is 1. The van der Waals surface area contributed by atoms with Crippen LogP contribution in [0.5, 0.6) is 5.75 Å².